The van der Waals surface area contributed by atoms with Crippen LogP contribution in [0.3, 0.4) is 0 Å². The third-order valence-corrected chi connectivity index (χ3v) is 3.24. The standard InChI is InChI=1S/C16H20N4O/c1-4-20(11-14-7-5-6-12(2)19-14)16(21)15-9-8-13(17-3)10-18-15/h5-10,17H,4,11H2,1-3H3. The lowest BCUT2D eigenvalue weighted by Gasteiger charge is -2.20. The smallest absolute Gasteiger partial charge is 0.272 e. The largest absolute Gasteiger partial charge is 0.387 e. The zero-order chi connectivity index (χ0) is 15.2. The van der Waals surface area contributed by atoms with Gasteiger partial charge in [-0.05, 0) is 38.1 Å². The summed E-state index contributed by atoms with van der Waals surface area (Å²) in [5.74, 6) is -0.0801. The van der Waals surface area contributed by atoms with Crippen molar-refractivity contribution in [2.24, 2.45) is 0 Å². The molecule has 2 aromatic rings. The van der Waals surface area contributed by atoms with Crippen molar-refractivity contribution in [2.45, 2.75) is 20.4 Å². The van der Waals surface area contributed by atoms with Crippen LogP contribution in [-0.4, -0.2) is 34.4 Å². The third-order valence-electron chi connectivity index (χ3n) is 3.24. The van der Waals surface area contributed by atoms with Crippen LogP contribution in [0.2, 0.25) is 0 Å². The van der Waals surface area contributed by atoms with Gasteiger partial charge >= 0.3 is 0 Å². The fraction of sp³-hybridized carbons (Fsp3) is 0.312. The molecule has 2 aromatic heterocycles. The number of aromatic nitrogens is 2. The maximum atomic E-state index is 12.5. The first-order valence-corrected chi connectivity index (χ1v) is 6.99. The summed E-state index contributed by atoms with van der Waals surface area (Å²) in [6.07, 6.45) is 1.66. The van der Waals surface area contributed by atoms with Gasteiger partial charge in [0, 0.05) is 19.3 Å². The second kappa shape index (κ2) is 6.83. The Hall–Kier alpha value is -2.43. The molecule has 0 radical (unpaired) electrons. The Morgan fingerprint density at radius 1 is 1.29 bits per heavy atom. The van der Waals surface area contributed by atoms with E-state index in [1.807, 2.05) is 45.2 Å². The van der Waals surface area contributed by atoms with Gasteiger partial charge in [0.15, 0.2) is 0 Å². The lowest BCUT2D eigenvalue weighted by atomic mass is 10.2. The number of hydrogen-bond acceptors (Lipinski definition) is 4. The van der Waals surface area contributed by atoms with Gasteiger partial charge in [0.2, 0.25) is 0 Å². The van der Waals surface area contributed by atoms with E-state index in [4.69, 9.17) is 0 Å². The molecule has 2 heterocycles. The molecule has 0 bridgehead atoms. The Kier molecular flexibility index (Phi) is 4.87. The molecule has 21 heavy (non-hydrogen) atoms. The Morgan fingerprint density at radius 2 is 2.10 bits per heavy atom. The van der Waals surface area contributed by atoms with E-state index in [1.165, 1.54) is 0 Å². The van der Waals surface area contributed by atoms with Crippen LogP contribution in [0.1, 0.15) is 28.8 Å². The number of rotatable bonds is 5. The predicted molar refractivity (Wildman–Crippen MR) is 83.2 cm³/mol. The lowest BCUT2D eigenvalue weighted by Crippen LogP contribution is -2.31. The normalized spacial score (nSPS) is 10.2. The van der Waals surface area contributed by atoms with Gasteiger partial charge in [0.25, 0.3) is 5.91 Å². The molecule has 0 saturated heterocycles. The maximum Gasteiger partial charge on any atom is 0.272 e. The van der Waals surface area contributed by atoms with E-state index in [-0.39, 0.29) is 5.91 Å². The van der Waals surface area contributed by atoms with Crippen molar-refractivity contribution >= 4 is 11.6 Å². The molecule has 0 aliphatic carbocycles. The molecule has 0 aliphatic rings. The summed E-state index contributed by atoms with van der Waals surface area (Å²) < 4.78 is 0. The SMILES string of the molecule is CCN(Cc1cccc(C)n1)C(=O)c1ccc(NC)cn1. The average molecular weight is 284 g/mol. The van der Waals surface area contributed by atoms with Crippen LogP contribution in [0, 0.1) is 6.92 Å². The van der Waals surface area contributed by atoms with E-state index < -0.39 is 0 Å². The first-order valence-electron chi connectivity index (χ1n) is 6.99. The molecule has 1 N–H and O–H groups in total. The zero-order valence-corrected chi connectivity index (χ0v) is 12.6. The minimum absolute atomic E-state index is 0.0801. The second-order valence-electron chi connectivity index (χ2n) is 4.77. The van der Waals surface area contributed by atoms with E-state index in [2.05, 4.69) is 15.3 Å². The molecule has 0 spiro atoms. The van der Waals surface area contributed by atoms with Gasteiger partial charge in [-0.25, -0.2) is 4.98 Å². The third kappa shape index (κ3) is 3.78. The van der Waals surface area contributed by atoms with E-state index in [0.29, 0.717) is 18.8 Å². The first kappa shape index (κ1) is 15.0. The van der Waals surface area contributed by atoms with Gasteiger partial charge < -0.3 is 10.2 Å². The van der Waals surface area contributed by atoms with Crippen molar-refractivity contribution in [3.8, 4) is 0 Å². The summed E-state index contributed by atoms with van der Waals surface area (Å²) in [5.41, 5.74) is 3.17. The Balaban J connectivity index is 2.14. The molecular weight excluding hydrogens is 264 g/mol. The summed E-state index contributed by atoms with van der Waals surface area (Å²) in [4.78, 5) is 22.9. The number of nitrogens with zero attached hydrogens (tertiary/aromatic N) is 3. The predicted octanol–water partition coefficient (Wildman–Crippen LogP) is 2.49. The number of carbonyl (C=O) groups is 1. The van der Waals surface area contributed by atoms with Crippen LogP contribution >= 0.6 is 0 Å². The quantitative estimate of drug-likeness (QED) is 0.916. The van der Waals surface area contributed by atoms with Crippen LogP contribution in [0.4, 0.5) is 5.69 Å². The number of aryl methyl sites for hydroxylation is 1. The van der Waals surface area contributed by atoms with Crippen molar-refractivity contribution in [3.05, 3.63) is 53.6 Å². The van der Waals surface area contributed by atoms with E-state index in [9.17, 15) is 4.79 Å². The van der Waals surface area contributed by atoms with E-state index in [1.54, 1.807) is 17.2 Å². The highest BCUT2D eigenvalue weighted by atomic mass is 16.2. The van der Waals surface area contributed by atoms with Crippen molar-refractivity contribution in [2.75, 3.05) is 18.9 Å². The van der Waals surface area contributed by atoms with Crippen molar-refractivity contribution in [3.63, 3.8) is 0 Å². The monoisotopic (exact) mass is 284 g/mol. The maximum absolute atomic E-state index is 12.5. The number of amides is 1. The molecule has 110 valence electrons. The summed E-state index contributed by atoms with van der Waals surface area (Å²) in [5, 5.41) is 2.98. The molecule has 2 rings (SSSR count). The van der Waals surface area contributed by atoms with Crippen molar-refractivity contribution < 1.29 is 4.79 Å². The molecular formula is C16H20N4O. The average Bonchev–Trinajstić information content (AvgIpc) is 2.52. The van der Waals surface area contributed by atoms with Crippen LogP contribution in [0.15, 0.2) is 36.5 Å². The lowest BCUT2D eigenvalue weighted by molar-refractivity contribution is 0.0744. The van der Waals surface area contributed by atoms with Gasteiger partial charge in [0.05, 0.1) is 24.1 Å². The van der Waals surface area contributed by atoms with E-state index in [0.717, 1.165) is 17.1 Å². The molecule has 0 aromatic carbocycles. The van der Waals surface area contributed by atoms with Crippen LogP contribution in [-0.2, 0) is 6.54 Å². The molecule has 0 fully saturated rings. The number of hydrogen-bond donors (Lipinski definition) is 1. The van der Waals surface area contributed by atoms with Gasteiger partial charge in [-0.2, -0.15) is 0 Å². The van der Waals surface area contributed by atoms with Gasteiger partial charge in [0.1, 0.15) is 5.69 Å². The molecule has 5 heteroatoms. The second-order valence-corrected chi connectivity index (χ2v) is 4.77. The first-order chi connectivity index (χ1) is 10.1. The van der Waals surface area contributed by atoms with E-state index >= 15 is 0 Å². The summed E-state index contributed by atoms with van der Waals surface area (Å²) in [6, 6.07) is 9.41. The van der Waals surface area contributed by atoms with Gasteiger partial charge in [-0.1, -0.05) is 6.07 Å². The molecule has 0 aliphatic heterocycles. The Labute approximate surface area is 125 Å². The number of nitrogens with one attached hydrogen (secondary N) is 1. The fourth-order valence-electron chi connectivity index (χ4n) is 2.04. The minimum Gasteiger partial charge on any atom is -0.387 e. The molecule has 0 saturated carbocycles. The van der Waals surface area contributed by atoms with Crippen LogP contribution in [0.5, 0.6) is 0 Å². The van der Waals surface area contributed by atoms with Crippen LogP contribution in [0.25, 0.3) is 0 Å². The Bertz CT molecular complexity index is 610. The highest BCUT2D eigenvalue weighted by molar-refractivity contribution is 5.92. The summed E-state index contributed by atoms with van der Waals surface area (Å²) in [7, 11) is 1.82. The van der Waals surface area contributed by atoms with Crippen molar-refractivity contribution in [1.82, 2.24) is 14.9 Å². The zero-order valence-electron chi connectivity index (χ0n) is 12.6. The highest BCUT2D eigenvalue weighted by Gasteiger charge is 2.16. The fourth-order valence-corrected chi connectivity index (χ4v) is 2.04. The number of carbonyl (C=O) groups excluding carboxylic acids is 1. The topological polar surface area (TPSA) is 58.1 Å². The number of anilines is 1. The van der Waals surface area contributed by atoms with Gasteiger partial charge in [-0.3, -0.25) is 9.78 Å². The number of pyridine rings is 2. The summed E-state index contributed by atoms with van der Waals surface area (Å²) in [6.45, 7) is 5.01. The molecule has 0 atom stereocenters. The van der Waals surface area contributed by atoms with Crippen LogP contribution < -0.4 is 5.32 Å². The molecule has 1 amide bonds. The molecule has 0 unspecified atom stereocenters. The summed E-state index contributed by atoms with van der Waals surface area (Å²) >= 11 is 0. The molecule has 5 nitrogen and oxygen atoms in total. The van der Waals surface area contributed by atoms with Crippen molar-refractivity contribution in [1.29, 1.82) is 0 Å². The minimum atomic E-state index is -0.0801. The Morgan fingerprint density at radius 3 is 2.67 bits per heavy atom. The highest BCUT2D eigenvalue weighted by Crippen LogP contribution is 2.10. The van der Waals surface area contributed by atoms with Gasteiger partial charge in [-0.15, -0.1) is 0 Å².